The zero-order valence-electron chi connectivity index (χ0n) is 10.6. The van der Waals surface area contributed by atoms with Crippen LogP contribution in [0.3, 0.4) is 0 Å². The fraction of sp³-hybridized carbons (Fsp3) is 0.571. The molecule has 0 aliphatic rings. The highest BCUT2D eigenvalue weighted by molar-refractivity contribution is 5.23. The van der Waals surface area contributed by atoms with E-state index in [1.165, 1.54) is 11.1 Å². The van der Waals surface area contributed by atoms with E-state index in [-0.39, 0.29) is 5.60 Å². The molecule has 0 saturated carbocycles. The minimum Gasteiger partial charge on any atom is -0.378 e. The highest BCUT2D eigenvalue weighted by atomic mass is 16.5. The normalized spacial score (nSPS) is 11.8. The smallest absolute Gasteiger partial charge is 0.0662 e. The summed E-state index contributed by atoms with van der Waals surface area (Å²) in [6, 6.07) is 8.76. The summed E-state index contributed by atoms with van der Waals surface area (Å²) in [7, 11) is 1.76. The molecule has 0 aliphatic heterocycles. The van der Waals surface area contributed by atoms with Gasteiger partial charge in [-0.05, 0) is 44.4 Å². The van der Waals surface area contributed by atoms with Crippen molar-refractivity contribution in [1.82, 2.24) is 0 Å². The summed E-state index contributed by atoms with van der Waals surface area (Å²) in [6.07, 6.45) is 3.08. The maximum absolute atomic E-state index is 5.49. The van der Waals surface area contributed by atoms with E-state index in [1.807, 2.05) is 0 Å². The van der Waals surface area contributed by atoms with Gasteiger partial charge in [-0.1, -0.05) is 24.3 Å². The molecule has 90 valence electrons. The highest BCUT2D eigenvalue weighted by Gasteiger charge is 2.16. The predicted molar refractivity (Wildman–Crippen MR) is 68.6 cm³/mol. The summed E-state index contributed by atoms with van der Waals surface area (Å²) < 4.78 is 5.42. The maximum Gasteiger partial charge on any atom is 0.0662 e. The Kier molecular flexibility index (Phi) is 4.97. The number of nitrogens with two attached hydrogens (primary N) is 1. The van der Waals surface area contributed by atoms with Gasteiger partial charge in [-0.3, -0.25) is 0 Å². The molecule has 0 atom stereocenters. The molecule has 2 heteroatoms. The molecule has 1 rings (SSSR count). The average Bonchev–Trinajstić information content (AvgIpc) is 2.28. The molecule has 1 aromatic carbocycles. The van der Waals surface area contributed by atoms with Gasteiger partial charge in [0.25, 0.3) is 0 Å². The SMILES string of the molecule is COC(C)(C)Cc1ccc(CCCN)cc1. The molecular weight excluding hydrogens is 198 g/mol. The summed E-state index contributed by atoms with van der Waals surface area (Å²) >= 11 is 0. The monoisotopic (exact) mass is 221 g/mol. The second kappa shape index (κ2) is 6.02. The molecule has 0 unspecified atom stereocenters. The molecule has 0 aromatic heterocycles. The highest BCUT2D eigenvalue weighted by Crippen LogP contribution is 2.16. The summed E-state index contributed by atoms with van der Waals surface area (Å²) in [4.78, 5) is 0. The quantitative estimate of drug-likeness (QED) is 0.801. The minimum atomic E-state index is -0.0845. The van der Waals surface area contributed by atoms with Crippen LogP contribution in [0, 0.1) is 0 Å². The van der Waals surface area contributed by atoms with Gasteiger partial charge in [-0.25, -0.2) is 0 Å². The van der Waals surface area contributed by atoms with Crippen LogP contribution in [0.4, 0.5) is 0 Å². The fourth-order valence-corrected chi connectivity index (χ4v) is 1.69. The van der Waals surface area contributed by atoms with E-state index < -0.39 is 0 Å². The lowest BCUT2D eigenvalue weighted by Gasteiger charge is -2.22. The van der Waals surface area contributed by atoms with Crippen molar-refractivity contribution < 1.29 is 4.74 Å². The number of hydrogen-bond acceptors (Lipinski definition) is 2. The molecule has 0 saturated heterocycles. The van der Waals surface area contributed by atoms with Gasteiger partial charge >= 0.3 is 0 Å². The molecule has 0 spiro atoms. The lowest BCUT2D eigenvalue weighted by Crippen LogP contribution is -2.25. The molecule has 2 N–H and O–H groups in total. The third-order valence-electron chi connectivity index (χ3n) is 2.87. The summed E-state index contributed by atoms with van der Waals surface area (Å²) in [5.74, 6) is 0. The van der Waals surface area contributed by atoms with Crippen LogP contribution in [0.25, 0.3) is 0 Å². The van der Waals surface area contributed by atoms with Crippen molar-refractivity contribution >= 4 is 0 Å². The first-order valence-electron chi connectivity index (χ1n) is 5.90. The van der Waals surface area contributed by atoms with Crippen LogP contribution in [0.5, 0.6) is 0 Å². The number of aryl methyl sites for hydroxylation is 1. The lowest BCUT2D eigenvalue weighted by atomic mass is 9.97. The molecule has 0 aliphatic carbocycles. The van der Waals surface area contributed by atoms with Crippen LogP contribution in [-0.4, -0.2) is 19.3 Å². The first-order chi connectivity index (χ1) is 7.57. The van der Waals surface area contributed by atoms with Gasteiger partial charge in [-0.15, -0.1) is 0 Å². The Bertz CT molecular complexity index is 303. The third kappa shape index (κ3) is 4.33. The lowest BCUT2D eigenvalue weighted by molar-refractivity contribution is 0.0232. The molecule has 0 amide bonds. The molecular formula is C14H23NO. The van der Waals surface area contributed by atoms with Gasteiger partial charge in [0.2, 0.25) is 0 Å². The Labute approximate surface area is 98.8 Å². The number of benzene rings is 1. The molecule has 1 aromatic rings. The van der Waals surface area contributed by atoms with Crippen LogP contribution in [-0.2, 0) is 17.6 Å². The second-order valence-corrected chi connectivity index (χ2v) is 4.85. The van der Waals surface area contributed by atoms with Gasteiger partial charge in [0.05, 0.1) is 5.60 Å². The zero-order chi connectivity index (χ0) is 12.0. The topological polar surface area (TPSA) is 35.2 Å². The van der Waals surface area contributed by atoms with Crippen LogP contribution in [0.2, 0.25) is 0 Å². The van der Waals surface area contributed by atoms with Gasteiger partial charge in [-0.2, -0.15) is 0 Å². The van der Waals surface area contributed by atoms with Gasteiger partial charge in [0, 0.05) is 13.5 Å². The first-order valence-corrected chi connectivity index (χ1v) is 5.90. The molecule has 0 heterocycles. The maximum atomic E-state index is 5.49. The van der Waals surface area contributed by atoms with E-state index in [0.29, 0.717) is 0 Å². The van der Waals surface area contributed by atoms with E-state index in [2.05, 4.69) is 38.1 Å². The first kappa shape index (κ1) is 13.2. The van der Waals surface area contributed by atoms with E-state index in [0.717, 1.165) is 25.8 Å². The van der Waals surface area contributed by atoms with Crippen molar-refractivity contribution in [3.63, 3.8) is 0 Å². The third-order valence-corrected chi connectivity index (χ3v) is 2.87. The molecule has 16 heavy (non-hydrogen) atoms. The van der Waals surface area contributed by atoms with Gasteiger partial charge in [0.1, 0.15) is 0 Å². The Morgan fingerprint density at radius 1 is 1.12 bits per heavy atom. The number of methoxy groups -OCH3 is 1. The Morgan fingerprint density at radius 2 is 1.69 bits per heavy atom. The van der Waals surface area contributed by atoms with Gasteiger partial charge < -0.3 is 10.5 Å². The van der Waals surface area contributed by atoms with E-state index in [1.54, 1.807) is 7.11 Å². The fourth-order valence-electron chi connectivity index (χ4n) is 1.69. The molecule has 2 nitrogen and oxygen atoms in total. The van der Waals surface area contributed by atoms with E-state index in [9.17, 15) is 0 Å². The largest absolute Gasteiger partial charge is 0.378 e. The van der Waals surface area contributed by atoms with Crippen molar-refractivity contribution in [2.75, 3.05) is 13.7 Å². The Balaban J connectivity index is 2.57. The second-order valence-electron chi connectivity index (χ2n) is 4.85. The van der Waals surface area contributed by atoms with Crippen LogP contribution in [0.15, 0.2) is 24.3 Å². The number of hydrogen-bond donors (Lipinski definition) is 1. The Morgan fingerprint density at radius 3 is 2.19 bits per heavy atom. The van der Waals surface area contributed by atoms with Crippen molar-refractivity contribution in [1.29, 1.82) is 0 Å². The summed E-state index contributed by atoms with van der Waals surface area (Å²) in [6.45, 7) is 4.98. The average molecular weight is 221 g/mol. The number of ether oxygens (including phenoxy) is 1. The summed E-state index contributed by atoms with van der Waals surface area (Å²) in [5.41, 5.74) is 8.09. The van der Waals surface area contributed by atoms with Crippen LogP contribution < -0.4 is 5.73 Å². The predicted octanol–water partition coefficient (Wildman–Crippen LogP) is 2.55. The van der Waals surface area contributed by atoms with E-state index >= 15 is 0 Å². The Hall–Kier alpha value is -0.860. The zero-order valence-corrected chi connectivity index (χ0v) is 10.6. The minimum absolute atomic E-state index is 0.0845. The van der Waals surface area contributed by atoms with Crippen LogP contribution in [0.1, 0.15) is 31.4 Å². The van der Waals surface area contributed by atoms with Crippen molar-refractivity contribution in [3.05, 3.63) is 35.4 Å². The van der Waals surface area contributed by atoms with Gasteiger partial charge in [0.15, 0.2) is 0 Å². The summed E-state index contributed by atoms with van der Waals surface area (Å²) in [5, 5.41) is 0. The molecule has 0 fully saturated rings. The van der Waals surface area contributed by atoms with E-state index in [4.69, 9.17) is 10.5 Å². The van der Waals surface area contributed by atoms with Crippen molar-refractivity contribution in [2.45, 2.75) is 38.7 Å². The molecule has 0 bridgehead atoms. The van der Waals surface area contributed by atoms with Crippen molar-refractivity contribution in [3.8, 4) is 0 Å². The van der Waals surface area contributed by atoms with Crippen molar-refractivity contribution in [2.24, 2.45) is 5.73 Å². The number of rotatable bonds is 6. The standard InChI is InChI=1S/C14H23NO/c1-14(2,16-3)11-13-8-6-12(7-9-13)5-4-10-15/h6-9H,4-5,10-11,15H2,1-3H3. The van der Waals surface area contributed by atoms with Crippen LogP contribution >= 0.6 is 0 Å². The molecule has 0 radical (unpaired) electrons.